The summed E-state index contributed by atoms with van der Waals surface area (Å²) in [5.41, 5.74) is 2.49. The third kappa shape index (κ3) is 4.31. The van der Waals surface area contributed by atoms with Crippen LogP contribution in [0.5, 0.6) is 5.75 Å². The predicted molar refractivity (Wildman–Crippen MR) is 75.3 cm³/mol. The topological polar surface area (TPSA) is 30.5 Å². The second kappa shape index (κ2) is 8.11. The summed E-state index contributed by atoms with van der Waals surface area (Å²) in [6.07, 6.45) is 2.10. The molecule has 0 saturated heterocycles. The Balaban J connectivity index is 2.71. The van der Waals surface area contributed by atoms with Crippen LogP contribution in [0.4, 0.5) is 0 Å². The molecule has 0 amide bonds. The van der Waals surface area contributed by atoms with Crippen molar-refractivity contribution in [2.75, 3.05) is 27.4 Å². The SMILES string of the molecule is CCOCCCC(NC)c1cc(C)ccc1OC. The van der Waals surface area contributed by atoms with Gasteiger partial charge in [0.15, 0.2) is 0 Å². The van der Waals surface area contributed by atoms with E-state index in [0.29, 0.717) is 6.04 Å². The minimum atomic E-state index is 0.320. The minimum Gasteiger partial charge on any atom is -0.496 e. The van der Waals surface area contributed by atoms with Crippen molar-refractivity contribution in [3.05, 3.63) is 29.3 Å². The zero-order valence-corrected chi connectivity index (χ0v) is 12.0. The van der Waals surface area contributed by atoms with Crippen molar-refractivity contribution in [2.24, 2.45) is 0 Å². The van der Waals surface area contributed by atoms with Gasteiger partial charge >= 0.3 is 0 Å². The van der Waals surface area contributed by atoms with E-state index in [2.05, 4.69) is 24.4 Å². The Bertz CT molecular complexity index is 352. The number of hydrogen-bond donors (Lipinski definition) is 1. The summed E-state index contributed by atoms with van der Waals surface area (Å²) in [7, 11) is 3.72. The Hall–Kier alpha value is -1.06. The molecule has 0 aliphatic rings. The summed E-state index contributed by atoms with van der Waals surface area (Å²) in [6.45, 7) is 5.75. The van der Waals surface area contributed by atoms with Crippen LogP contribution in [-0.2, 0) is 4.74 Å². The molecule has 0 saturated carbocycles. The molecule has 1 N–H and O–H groups in total. The first-order valence-electron chi connectivity index (χ1n) is 6.62. The Morgan fingerprint density at radius 3 is 2.72 bits per heavy atom. The van der Waals surface area contributed by atoms with Crippen LogP contribution in [0, 0.1) is 6.92 Å². The van der Waals surface area contributed by atoms with Crippen molar-refractivity contribution in [1.82, 2.24) is 5.32 Å². The Kier molecular flexibility index (Phi) is 6.76. The number of rotatable bonds is 8. The van der Waals surface area contributed by atoms with Crippen molar-refractivity contribution < 1.29 is 9.47 Å². The first-order chi connectivity index (χ1) is 8.72. The van der Waals surface area contributed by atoms with Crippen LogP contribution in [0.1, 0.15) is 36.9 Å². The Morgan fingerprint density at radius 1 is 1.33 bits per heavy atom. The zero-order chi connectivity index (χ0) is 13.4. The predicted octanol–water partition coefficient (Wildman–Crippen LogP) is 3.08. The highest BCUT2D eigenvalue weighted by molar-refractivity contribution is 5.39. The van der Waals surface area contributed by atoms with Crippen molar-refractivity contribution >= 4 is 0 Å². The van der Waals surface area contributed by atoms with E-state index in [1.54, 1.807) is 7.11 Å². The molecule has 1 rings (SSSR count). The summed E-state index contributed by atoms with van der Waals surface area (Å²) >= 11 is 0. The van der Waals surface area contributed by atoms with Gasteiger partial charge < -0.3 is 14.8 Å². The van der Waals surface area contributed by atoms with Gasteiger partial charge in [0.2, 0.25) is 0 Å². The molecule has 1 atom stereocenters. The van der Waals surface area contributed by atoms with E-state index in [1.807, 2.05) is 20.0 Å². The molecule has 0 aliphatic carbocycles. The van der Waals surface area contributed by atoms with E-state index in [0.717, 1.165) is 31.8 Å². The van der Waals surface area contributed by atoms with Crippen molar-refractivity contribution in [3.8, 4) is 5.75 Å². The van der Waals surface area contributed by atoms with Crippen LogP contribution >= 0.6 is 0 Å². The summed E-state index contributed by atoms with van der Waals surface area (Å²) in [5, 5.41) is 3.36. The van der Waals surface area contributed by atoms with E-state index in [1.165, 1.54) is 11.1 Å². The minimum absolute atomic E-state index is 0.320. The highest BCUT2D eigenvalue weighted by atomic mass is 16.5. The third-order valence-electron chi connectivity index (χ3n) is 3.09. The normalized spacial score (nSPS) is 12.4. The molecule has 1 unspecified atom stereocenters. The Labute approximate surface area is 110 Å². The molecule has 18 heavy (non-hydrogen) atoms. The van der Waals surface area contributed by atoms with Crippen molar-refractivity contribution in [3.63, 3.8) is 0 Å². The lowest BCUT2D eigenvalue weighted by Gasteiger charge is -2.20. The van der Waals surface area contributed by atoms with Gasteiger partial charge in [-0.3, -0.25) is 0 Å². The summed E-state index contributed by atoms with van der Waals surface area (Å²) in [5.74, 6) is 0.955. The average molecular weight is 251 g/mol. The second-order valence-electron chi connectivity index (χ2n) is 4.43. The molecule has 0 aliphatic heterocycles. The highest BCUT2D eigenvalue weighted by Gasteiger charge is 2.14. The summed E-state index contributed by atoms with van der Waals surface area (Å²) < 4.78 is 10.8. The van der Waals surface area contributed by atoms with Crippen molar-refractivity contribution in [1.29, 1.82) is 0 Å². The van der Waals surface area contributed by atoms with Crippen LogP contribution < -0.4 is 10.1 Å². The van der Waals surface area contributed by atoms with Crippen LogP contribution in [-0.4, -0.2) is 27.4 Å². The number of aryl methyl sites for hydroxylation is 1. The maximum absolute atomic E-state index is 5.44. The van der Waals surface area contributed by atoms with E-state index >= 15 is 0 Å². The number of benzene rings is 1. The zero-order valence-electron chi connectivity index (χ0n) is 12.0. The largest absolute Gasteiger partial charge is 0.496 e. The molecule has 1 aromatic rings. The van der Waals surface area contributed by atoms with Gasteiger partial charge in [-0.25, -0.2) is 0 Å². The molecule has 3 nitrogen and oxygen atoms in total. The standard InChI is InChI=1S/C15H25NO2/c1-5-18-10-6-7-14(16-3)13-11-12(2)8-9-15(13)17-4/h8-9,11,14,16H,5-7,10H2,1-4H3. The van der Waals surface area contributed by atoms with Crippen LogP contribution in [0.2, 0.25) is 0 Å². The molecule has 102 valence electrons. The maximum atomic E-state index is 5.44. The monoisotopic (exact) mass is 251 g/mol. The van der Waals surface area contributed by atoms with E-state index in [4.69, 9.17) is 9.47 Å². The molecule has 0 spiro atoms. The molecule has 0 heterocycles. The summed E-state index contributed by atoms with van der Waals surface area (Å²) in [4.78, 5) is 0. The fraction of sp³-hybridized carbons (Fsp3) is 0.600. The molecular formula is C15H25NO2. The van der Waals surface area contributed by atoms with Gasteiger partial charge in [-0.2, -0.15) is 0 Å². The lowest BCUT2D eigenvalue weighted by Crippen LogP contribution is -2.18. The molecule has 1 aromatic carbocycles. The first kappa shape index (κ1) is 15.0. The number of methoxy groups -OCH3 is 1. The molecule has 0 aromatic heterocycles. The number of ether oxygens (including phenoxy) is 2. The van der Waals surface area contributed by atoms with Gasteiger partial charge in [-0.05, 0) is 39.8 Å². The first-order valence-corrected chi connectivity index (χ1v) is 6.62. The average Bonchev–Trinajstić information content (AvgIpc) is 2.39. The van der Waals surface area contributed by atoms with Gasteiger partial charge in [0.1, 0.15) is 5.75 Å². The number of nitrogens with one attached hydrogen (secondary N) is 1. The van der Waals surface area contributed by atoms with E-state index in [9.17, 15) is 0 Å². The van der Waals surface area contributed by atoms with E-state index in [-0.39, 0.29) is 0 Å². The molecule has 0 radical (unpaired) electrons. The van der Waals surface area contributed by atoms with Gasteiger partial charge in [-0.1, -0.05) is 17.7 Å². The number of hydrogen-bond acceptors (Lipinski definition) is 3. The molecule has 0 bridgehead atoms. The quantitative estimate of drug-likeness (QED) is 0.720. The summed E-state index contributed by atoms with van der Waals surface area (Å²) in [6, 6.07) is 6.63. The van der Waals surface area contributed by atoms with Crippen LogP contribution in [0.3, 0.4) is 0 Å². The van der Waals surface area contributed by atoms with Crippen LogP contribution in [0.15, 0.2) is 18.2 Å². The third-order valence-corrected chi connectivity index (χ3v) is 3.09. The lowest BCUT2D eigenvalue weighted by atomic mass is 9.99. The highest BCUT2D eigenvalue weighted by Crippen LogP contribution is 2.28. The molecule has 3 heteroatoms. The smallest absolute Gasteiger partial charge is 0.123 e. The molecular weight excluding hydrogens is 226 g/mol. The lowest BCUT2D eigenvalue weighted by molar-refractivity contribution is 0.141. The second-order valence-corrected chi connectivity index (χ2v) is 4.43. The van der Waals surface area contributed by atoms with Crippen LogP contribution in [0.25, 0.3) is 0 Å². The molecule has 0 fully saturated rings. The van der Waals surface area contributed by atoms with Crippen molar-refractivity contribution in [2.45, 2.75) is 32.7 Å². The Morgan fingerprint density at radius 2 is 2.11 bits per heavy atom. The maximum Gasteiger partial charge on any atom is 0.123 e. The van der Waals surface area contributed by atoms with Gasteiger partial charge in [0.25, 0.3) is 0 Å². The van der Waals surface area contributed by atoms with Gasteiger partial charge in [0.05, 0.1) is 7.11 Å². The van der Waals surface area contributed by atoms with Gasteiger partial charge in [0, 0.05) is 24.8 Å². The van der Waals surface area contributed by atoms with E-state index < -0.39 is 0 Å². The fourth-order valence-corrected chi connectivity index (χ4v) is 2.12. The van der Waals surface area contributed by atoms with Gasteiger partial charge in [-0.15, -0.1) is 0 Å². The fourth-order valence-electron chi connectivity index (χ4n) is 2.12.